The van der Waals surface area contributed by atoms with Gasteiger partial charge in [-0.2, -0.15) is 0 Å². The third kappa shape index (κ3) is 3.05. The minimum atomic E-state index is 0.644. The number of hydrogen-bond acceptors (Lipinski definition) is 2. The number of rotatable bonds is 3. The Morgan fingerprint density at radius 1 is 1.28 bits per heavy atom. The molecule has 1 saturated heterocycles. The van der Waals surface area contributed by atoms with E-state index in [-0.39, 0.29) is 0 Å². The minimum absolute atomic E-state index is 0.644. The zero-order chi connectivity index (χ0) is 13.0. The molecule has 2 rings (SSSR count). The van der Waals surface area contributed by atoms with Gasteiger partial charge in [0.15, 0.2) is 0 Å². The van der Waals surface area contributed by atoms with E-state index < -0.39 is 0 Å². The molecular formula is C16H26N2. The summed E-state index contributed by atoms with van der Waals surface area (Å²) in [5, 5.41) is 0. The maximum atomic E-state index is 5.89. The Kier molecular flexibility index (Phi) is 4.65. The zero-order valence-electron chi connectivity index (χ0n) is 11.8. The summed E-state index contributed by atoms with van der Waals surface area (Å²) in [6.45, 7) is 7.47. The Hall–Kier alpha value is -1.02. The van der Waals surface area contributed by atoms with Crippen LogP contribution < -0.4 is 10.6 Å². The molecule has 18 heavy (non-hydrogen) atoms. The normalized spacial score (nSPS) is 20.8. The third-order valence-corrected chi connectivity index (χ3v) is 4.22. The first-order valence-corrected chi connectivity index (χ1v) is 7.29. The van der Waals surface area contributed by atoms with Crippen molar-refractivity contribution >= 4 is 5.69 Å². The van der Waals surface area contributed by atoms with Gasteiger partial charge in [-0.25, -0.2) is 0 Å². The Morgan fingerprint density at radius 2 is 2.11 bits per heavy atom. The molecule has 0 spiro atoms. The van der Waals surface area contributed by atoms with E-state index in [9.17, 15) is 0 Å². The molecule has 2 heteroatoms. The third-order valence-electron chi connectivity index (χ3n) is 4.22. The summed E-state index contributed by atoms with van der Waals surface area (Å²) in [7, 11) is 0. The monoisotopic (exact) mass is 246 g/mol. The van der Waals surface area contributed by atoms with Gasteiger partial charge in [-0.05, 0) is 43.7 Å². The second kappa shape index (κ2) is 6.24. The lowest BCUT2D eigenvalue weighted by Gasteiger charge is -2.25. The fraction of sp³-hybridized carbons (Fsp3) is 0.625. The number of nitrogens with zero attached hydrogens (tertiary/aromatic N) is 1. The summed E-state index contributed by atoms with van der Waals surface area (Å²) in [5.74, 6) is 0.918. The lowest BCUT2D eigenvalue weighted by atomic mass is 9.98. The number of benzene rings is 1. The molecule has 1 aromatic carbocycles. The first-order valence-electron chi connectivity index (χ1n) is 7.29. The van der Waals surface area contributed by atoms with Crippen LogP contribution in [0.25, 0.3) is 0 Å². The predicted octanol–water partition coefficient (Wildman–Crippen LogP) is 3.47. The van der Waals surface area contributed by atoms with Crippen molar-refractivity contribution in [1.29, 1.82) is 0 Å². The van der Waals surface area contributed by atoms with E-state index in [1.165, 1.54) is 55.6 Å². The van der Waals surface area contributed by atoms with Crippen molar-refractivity contribution in [2.45, 2.75) is 46.1 Å². The van der Waals surface area contributed by atoms with E-state index in [1.807, 2.05) is 0 Å². The molecule has 100 valence electrons. The minimum Gasteiger partial charge on any atom is -0.371 e. The first-order chi connectivity index (χ1) is 8.74. The molecule has 0 aromatic heterocycles. The SMILES string of the molecule is CCC1CCCN(c2ccc(C)cc2CN)CC1. The number of aryl methyl sites for hydroxylation is 1. The van der Waals surface area contributed by atoms with Crippen LogP contribution in [0.1, 0.15) is 43.7 Å². The van der Waals surface area contributed by atoms with Crippen molar-refractivity contribution in [2.24, 2.45) is 11.7 Å². The van der Waals surface area contributed by atoms with Crippen molar-refractivity contribution in [2.75, 3.05) is 18.0 Å². The van der Waals surface area contributed by atoms with Gasteiger partial charge >= 0.3 is 0 Å². The summed E-state index contributed by atoms with van der Waals surface area (Å²) in [5.41, 5.74) is 9.86. The van der Waals surface area contributed by atoms with Crippen molar-refractivity contribution in [3.05, 3.63) is 29.3 Å². The van der Waals surface area contributed by atoms with E-state index in [0.717, 1.165) is 5.92 Å². The highest BCUT2D eigenvalue weighted by Crippen LogP contribution is 2.27. The van der Waals surface area contributed by atoms with Gasteiger partial charge in [-0.15, -0.1) is 0 Å². The predicted molar refractivity (Wildman–Crippen MR) is 78.9 cm³/mol. The van der Waals surface area contributed by atoms with E-state index in [1.54, 1.807) is 0 Å². The Labute approximate surface area is 111 Å². The number of hydrogen-bond donors (Lipinski definition) is 1. The molecule has 1 fully saturated rings. The molecule has 0 saturated carbocycles. The molecule has 1 aliphatic heterocycles. The average molecular weight is 246 g/mol. The quantitative estimate of drug-likeness (QED) is 0.885. The van der Waals surface area contributed by atoms with E-state index in [4.69, 9.17) is 5.73 Å². The van der Waals surface area contributed by atoms with Gasteiger partial charge in [-0.3, -0.25) is 0 Å². The summed E-state index contributed by atoms with van der Waals surface area (Å²) >= 11 is 0. The highest BCUT2D eigenvalue weighted by molar-refractivity contribution is 5.55. The molecule has 1 atom stereocenters. The van der Waals surface area contributed by atoms with Crippen LogP contribution in [0.4, 0.5) is 5.69 Å². The Morgan fingerprint density at radius 3 is 2.83 bits per heavy atom. The van der Waals surface area contributed by atoms with Crippen LogP contribution in [0.3, 0.4) is 0 Å². The molecule has 1 aromatic rings. The van der Waals surface area contributed by atoms with Crippen LogP contribution in [0.2, 0.25) is 0 Å². The molecule has 1 aliphatic rings. The molecule has 0 aliphatic carbocycles. The second-order valence-corrected chi connectivity index (χ2v) is 5.53. The molecule has 2 N–H and O–H groups in total. The fourth-order valence-corrected chi connectivity index (χ4v) is 3.00. The maximum Gasteiger partial charge on any atom is 0.0411 e. The van der Waals surface area contributed by atoms with Crippen molar-refractivity contribution in [1.82, 2.24) is 0 Å². The van der Waals surface area contributed by atoms with Crippen LogP contribution in [0.15, 0.2) is 18.2 Å². The average Bonchev–Trinajstić information content (AvgIpc) is 2.63. The van der Waals surface area contributed by atoms with Crippen LogP contribution in [-0.2, 0) is 6.54 Å². The van der Waals surface area contributed by atoms with Gasteiger partial charge in [0.25, 0.3) is 0 Å². The summed E-state index contributed by atoms with van der Waals surface area (Å²) < 4.78 is 0. The van der Waals surface area contributed by atoms with E-state index in [0.29, 0.717) is 6.54 Å². The summed E-state index contributed by atoms with van der Waals surface area (Å²) in [6.07, 6.45) is 5.35. The smallest absolute Gasteiger partial charge is 0.0411 e. The Balaban J connectivity index is 2.15. The zero-order valence-corrected chi connectivity index (χ0v) is 11.8. The van der Waals surface area contributed by atoms with Crippen LogP contribution >= 0.6 is 0 Å². The van der Waals surface area contributed by atoms with Gasteiger partial charge < -0.3 is 10.6 Å². The number of anilines is 1. The highest BCUT2D eigenvalue weighted by Gasteiger charge is 2.17. The van der Waals surface area contributed by atoms with E-state index >= 15 is 0 Å². The standard InChI is InChI=1S/C16H26N2/c1-3-14-5-4-9-18(10-8-14)16-7-6-13(2)11-15(16)12-17/h6-7,11,14H,3-5,8-10,12,17H2,1-2H3. The molecule has 2 nitrogen and oxygen atoms in total. The maximum absolute atomic E-state index is 5.89. The lowest BCUT2D eigenvalue weighted by molar-refractivity contribution is 0.459. The molecule has 1 unspecified atom stereocenters. The van der Waals surface area contributed by atoms with Gasteiger partial charge in [0.2, 0.25) is 0 Å². The molecule has 1 heterocycles. The van der Waals surface area contributed by atoms with Crippen molar-refractivity contribution < 1.29 is 0 Å². The summed E-state index contributed by atoms with van der Waals surface area (Å²) in [6, 6.07) is 6.69. The van der Waals surface area contributed by atoms with Gasteiger partial charge in [0.05, 0.1) is 0 Å². The molecule has 0 amide bonds. The largest absolute Gasteiger partial charge is 0.371 e. The van der Waals surface area contributed by atoms with Gasteiger partial charge in [0, 0.05) is 25.3 Å². The summed E-state index contributed by atoms with van der Waals surface area (Å²) in [4.78, 5) is 2.54. The highest BCUT2D eigenvalue weighted by atomic mass is 15.1. The van der Waals surface area contributed by atoms with Crippen LogP contribution in [-0.4, -0.2) is 13.1 Å². The van der Waals surface area contributed by atoms with Crippen LogP contribution in [0, 0.1) is 12.8 Å². The number of nitrogens with two attached hydrogens (primary N) is 1. The van der Waals surface area contributed by atoms with E-state index in [2.05, 4.69) is 36.9 Å². The van der Waals surface area contributed by atoms with Crippen molar-refractivity contribution in [3.63, 3.8) is 0 Å². The molecule has 0 radical (unpaired) electrons. The second-order valence-electron chi connectivity index (χ2n) is 5.53. The van der Waals surface area contributed by atoms with Gasteiger partial charge in [0.1, 0.15) is 0 Å². The molecule has 0 bridgehead atoms. The first kappa shape index (κ1) is 13.4. The molecular weight excluding hydrogens is 220 g/mol. The Bertz CT molecular complexity index is 387. The lowest BCUT2D eigenvalue weighted by Crippen LogP contribution is -2.26. The fourth-order valence-electron chi connectivity index (χ4n) is 3.00. The topological polar surface area (TPSA) is 29.3 Å². The van der Waals surface area contributed by atoms with Crippen LogP contribution in [0.5, 0.6) is 0 Å². The van der Waals surface area contributed by atoms with Gasteiger partial charge in [-0.1, -0.05) is 31.0 Å². The van der Waals surface area contributed by atoms with Crippen molar-refractivity contribution in [3.8, 4) is 0 Å².